The summed E-state index contributed by atoms with van der Waals surface area (Å²) in [6, 6.07) is 21.2. The van der Waals surface area contributed by atoms with Gasteiger partial charge < -0.3 is 4.12 Å². The minimum absolute atomic E-state index is 0.910. The maximum Gasteiger partial charge on any atom is 0.169 e. The Morgan fingerprint density at radius 2 is 1.05 bits per heavy atom. The molecule has 0 fully saturated rings. The van der Waals surface area contributed by atoms with Gasteiger partial charge in [-0.1, -0.05) is 60.7 Å². The van der Waals surface area contributed by atoms with E-state index in [-0.39, 0.29) is 0 Å². The summed E-state index contributed by atoms with van der Waals surface area (Å²) in [5.74, 6) is 0. The fourth-order valence-corrected chi connectivity index (χ4v) is 1.58. The van der Waals surface area contributed by atoms with Gasteiger partial charge in [0.25, 0.3) is 0 Å². The number of hydrogen-bond donors (Lipinski definition) is 0. The van der Waals surface area contributed by atoms with Gasteiger partial charge in [0.2, 0.25) is 0 Å². The molecule has 2 rings (SSSR count). The Bertz CT molecular complexity index is 424. The molecular weight excluding hydrogens is 276 g/mol. The van der Waals surface area contributed by atoms with E-state index in [1.807, 2.05) is 0 Å². The van der Waals surface area contributed by atoms with Crippen molar-refractivity contribution in [1.82, 2.24) is 0 Å². The standard InChI is InChI=1S/C14H14.C3H12OSi2/c1-3-7-13(8-4-1)11-12-14-9-5-2-6-10-14;1-6(2,3)4-5/h1-10H,11-12H2;1-3,5H3. The van der Waals surface area contributed by atoms with Crippen LogP contribution in [0.1, 0.15) is 11.1 Å². The van der Waals surface area contributed by atoms with Crippen molar-refractivity contribution in [2.45, 2.75) is 32.5 Å². The molecule has 0 atom stereocenters. The number of benzene rings is 2. The van der Waals surface area contributed by atoms with E-state index in [0.29, 0.717) is 0 Å². The van der Waals surface area contributed by atoms with Crippen LogP contribution in [0.15, 0.2) is 60.7 Å². The molecule has 0 saturated carbocycles. The molecule has 0 saturated heterocycles. The summed E-state index contributed by atoms with van der Waals surface area (Å²) in [7, 11) is -0.160. The third-order valence-electron chi connectivity index (χ3n) is 3.00. The van der Waals surface area contributed by atoms with E-state index in [0.717, 1.165) is 23.3 Å². The van der Waals surface area contributed by atoms with Crippen LogP contribution >= 0.6 is 0 Å². The molecule has 0 bridgehead atoms. The second-order valence-corrected chi connectivity index (χ2v) is 11.6. The van der Waals surface area contributed by atoms with Crippen LogP contribution in [-0.4, -0.2) is 18.8 Å². The van der Waals surface area contributed by atoms with E-state index >= 15 is 0 Å². The summed E-state index contributed by atoms with van der Waals surface area (Å²) in [5, 5.41) is 0. The molecule has 0 aliphatic heterocycles. The average molecular weight is 303 g/mol. The van der Waals surface area contributed by atoms with Gasteiger partial charge in [-0.2, -0.15) is 0 Å². The van der Waals surface area contributed by atoms with Crippen LogP contribution in [0.25, 0.3) is 0 Å². The predicted molar refractivity (Wildman–Crippen MR) is 94.7 cm³/mol. The molecule has 0 radical (unpaired) electrons. The van der Waals surface area contributed by atoms with E-state index in [9.17, 15) is 0 Å². The van der Waals surface area contributed by atoms with Gasteiger partial charge in [-0.05, 0) is 43.6 Å². The van der Waals surface area contributed by atoms with Crippen molar-refractivity contribution in [2.24, 2.45) is 0 Å². The first kappa shape index (κ1) is 16.9. The van der Waals surface area contributed by atoms with Gasteiger partial charge in [0.05, 0.1) is 0 Å². The van der Waals surface area contributed by atoms with Crippen LogP contribution in [-0.2, 0) is 17.0 Å². The fourth-order valence-electron chi connectivity index (χ4n) is 1.58. The van der Waals surface area contributed by atoms with Crippen molar-refractivity contribution >= 4 is 18.8 Å². The van der Waals surface area contributed by atoms with Crippen LogP contribution in [0, 0.1) is 0 Å². The van der Waals surface area contributed by atoms with Gasteiger partial charge in [-0.25, -0.2) is 0 Å². The molecule has 0 N–H and O–H groups in total. The monoisotopic (exact) mass is 302 g/mol. The van der Waals surface area contributed by atoms with Crippen LogP contribution < -0.4 is 0 Å². The van der Waals surface area contributed by atoms with Crippen molar-refractivity contribution in [3.63, 3.8) is 0 Å². The largest absolute Gasteiger partial charge is 0.464 e. The number of aryl methyl sites for hydroxylation is 2. The van der Waals surface area contributed by atoms with E-state index in [2.05, 4.69) is 80.3 Å². The normalized spacial score (nSPS) is 10.8. The lowest BCUT2D eigenvalue weighted by Gasteiger charge is -2.11. The molecule has 0 aliphatic rings. The third kappa shape index (κ3) is 8.09. The van der Waals surface area contributed by atoms with Gasteiger partial charge in [0.1, 0.15) is 10.5 Å². The average Bonchev–Trinajstić information content (AvgIpc) is 2.47. The number of hydrogen-bond acceptors (Lipinski definition) is 1. The lowest BCUT2D eigenvalue weighted by atomic mass is 10.0. The van der Waals surface area contributed by atoms with Crippen molar-refractivity contribution in [3.05, 3.63) is 71.8 Å². The minimum Gasteiger partial charge on any atom is -0.464 e. The third-order valence-corrected chi connectivity index (χ3v) is 7.90. The molecule has 0 spiro atoms. The molecule has 2 aromatic carbocycles. The van der Waals surface area contributed by atoms with Crippen molar-refractivity contribution in [2.75, 3.05) is 0 Å². The van der Waals surface area contributed by atoms with Gasteiger partial charge in [-0.3, -0.25) is 0 Å². The fraction of sp³-hybridized carbons (Fsp3) is 0.294. The molecular formula is C17H26OSi2. The summed E-state index contributed by atoms with van der Waals surface area (Å²) in [5.41, 5.74) is 2.83. The lowest BCUT2D eigenvalue weighted by Crippen LogP contribution is -2.23. The summed E-state index contributed by atoms with van der Waals surface area (Å²) in [6.07, 6.45) is 2.26. The first-order valence-electron chi connectivity index (χ1n) is 7.14. The molecule has 0 heterocycles. The van der Waals surface area contributed by atoms with Gasteiger partial charge in [0, 0.05) is 0 Å². The molecule has 0 aromatic heterocycles. The quantitative estimate of drug-likeness (QED) is 0.784. The molecule has 20 heavy (non-hydrogen) atoms. The summed E-state index contributed by atoms with van der Waals surface area (Å²) in [6.45, 7) is 6.58. The second-order valence-electron chi connectivity index (χ2n) is 5.79. The topological polar surface area (TPSA) is 9.23 Å². The maximum atomic E-state index is 5.22. The predicted octanol–water partition coefficient (Wildman–Crippen LogP) is 3.59. The van der Waals surface area contributed by atoms with E-state index in [4.69, 9.17) is 4.12 Å². The Morgan fingerprint density at radius 3 is 1.30 bits per heavy atom. The van der Waals surface area contributed by atoms with E-state index < -0.39 is 8.32 Å². The highest BCUT2D eigenvalue weighted by molar-refractivity contribution is 6.72. The van der Waals surface area contributed by atoms with Crippen LogP contribution in [0.5, 0.6) is 0 Å². The van der Waals surface area contributed by atoms with E-state index in [1.165, 1.54) is 11.1 Å². The SMILES string of the molecule is C[Si](C)(C)O[SiH3].c1ccc(CCc2ccccc2)cc1. The zero-order chi connectivity index (χ0) is 14.8. The molecule has 0 amide bonds. The summed E-state index contributed by atoms with van der Waals surface area (Å²) < 4.78 is 5.22. The van der Waals surface area contributed by atoms with Crippen molar-refractivity contribution < 1.29 is 4.12 Å². The Morgan fingerprint density at radius 1 is 0.750 bits per heavy atom. The molecule has 0 unspecified atom stereocenters. The lowest BCUT2D eigenvalue weighted by molar-refractivity contribution is 0.620. The Hall–Kier alpha value is -1.17. The van der Waals surface area contributed by atoms with Crippen LogP contribution in [0.3, 0.4) is 0 Å². The molecule has 3 heteroatoms. The Balaban J connectivity index is 0.000000286. The molecule has 2 aromatic rings. The summed E-state index contributed by atoms with van der Waals surface area (Å²) in [4.78, 5) is 0. The van der Waals surface area contributed by atoms with E-state index in [1.54, 1.807) is 0 Å². The summed E-state index contributed by atoms with van der Waals surface area (Å²) >= 11 is 0. The maximum absolute atomic E-state index is 5.22. The van der Waals surface area contributed by atoms with Gasteiger partial charge >= 0.3 is 0 Å². The molecule has 0 aliphatic carbocycles. The van der Waals surface area contributed by atoms with Gasteiger partial charge in [-0.15, -0.1) is 0 Å². The first-order valence-corrected chi connectivity index (χ1v) is 11.4. The molecule has 1 nitrogen and oxygen atoms in total. The molecule has 108 valence electrons. The van der Waals surface area contributed by atoms with Crippen molar-refractivity contribution in [3.8, 4) is 0 Å². The van der Waals surface area contributed by atoms with Crippen LogP contribution in [0.4, 0.5) is 0 Å². The Labute approximate surface area is 127 Å². The minimum atomic E-state index is -1.07. The zero-order valence-electron chi connectivity index (χ0n) is 13.1. The first-order chi connectivity index (χ1) is 9.51. The highest BCUT2D eigenvalue weighted by atomic mass is 28.4. The Kier molecular flexibility index (Phi) is 7.51. The van der Waals surface area contributed by atoms with Crippen LogP contribution in [0.2, 0.25) is 19.6 Å². The second kappa shape index (κ2) is 8.90. The van der Waals surface area contributed by atoms with Crippen molar-refractivity contribution in [1.29, 1.82) is 0 Å². The smallest absolute Gasteiger partial charge is 0.169 e. The highest BCUT2D eigenvalue weighted by Gasteiger charge is 2.08. The highest BCUT2D eigenvalue weighted by Crippen LogP contribution is 2.06. The van der Waals surface area contributed by atoms with Gasteiger partial charge in [0.15, 0.2) is 8.32 Å². The zero-order valence-corrected chi connectivity index (χ0v) is 16.1. The number of rotatable bonds is 4.